The lowest BCUT2D eigenvalue weighted by Gasteiger charge is -2.35. The zero-order valence-corrected chi connectivity index (χ0v) is 12.4. The number of nitriles is 1. The molecule has 21 heavy (non-hydrogen) atoms. The zero-order chi connectivity index (χ0) is 15.2. The molecule has 6 heteroatoms. The molecular weight excluding hydrogens is 268 g/mol. The summed E-state index contributed by atoms with van der Waals surface area (Å²) < 4.78 is 5.13. The molecule has 0 aromatic heterocycles. The first-order chi connectivity index (χ1) is 10.1. The van der Waals surface area contributed by atoms with Gasteiger partial charge in [0.1, 0.15) is 5.75 Å². The van der Waals surface area contributed by atoms with Crippen molar-refractivity contribution < 1.29 is 9.53 Å². The molecule has 0 radical (unpaired) electrons. The number of amides is 2. The molecule has 112 valence electrons. The largest absolute Gasteiger partial charge is 0.497 e. The number of carbonyl (C=O) groups excluding carboxylic acids is 1. The molecule has 2 rings (SSSR count). The minimum Gasteiger partial charge on any atom is -0.497 e. The number of methoxy groups -OCH3 is 1. The molecule has 1 heterocycles. The summed E-state index contributed by atoms with van der Waals surface area (Å²) in [4.78, 5) is 16.0. The first-order valence-corrected chi connectivity index (χ1v) is 6.97. The van der Waals surface area contributed by atoms with Crippen LogP contribution in [0.25, 0.3) is 0 Å². The van der Waals surface area contributed by atoms with Crippen LogP contribution in [0.3, 0.4) is 0 Å². The number of piperazine rings is 1. The maximum atomic E-state index is 12.2. The molecule has 1 N–H and O–H groups in total. The number of urea groups is 1. The first-order valence-electron chi connectivity index (χ1n) is 6.97. The number of ether oxygens (including phenoxy) is 1. The number of carbonyl (C=O) groups is 1. The smallest absolute Gasteiger partial charge is 0.321 e. The highest BCUT2D eigenvalue weighted by Crippen LogP contribution is 2.17. The monoisotopic (exact) mass is 288 g/mol. The fraction of sp³-hybridized carbons (Fsp3) is 0.467. The van der Waals surface area contributed by atoms with Crippen molar-refractivity contribution in [3.8, 4) is 11.8 Å². The summed E-state index contributed by atoms with van der Waals surface area (Å²) in [6.45, 7) is 4.58. The molecule has 0 bridgehead atoms. The number of nitrogens with one attached hydrogen (secondary N) is 1. The topological polar surface area (TPSA) is 68.6 Å². The van der Waals surface area contributed by atoms with Gasteiger partial charge in [-0.1, -0.05) is 6.07 Å². The summed E-state index contributed by atoms with van der Waals surface area (Å²) in [7, 11) is 1.59. The van der Waals surface area contributed by atoms with Crippen LogP contribution in [-0.4, -0.2) is 55.2 Å². The van der Waals surface area contributed by atoms with Gasteiger partial charge in [0, 0.05) is 37.9 Å². The number of anilines is 1. The van der Waals surface area contributed by atoms with Crippen LogP contribution in [0, 0.1) is 11.3 Å². The average Bonchev–Trinajstić information content (AvgIpc) is 2.54. The quantitative estimate of drug-likeness (QED) is 0.920. The van der Waals surface area contributed by atoms with E-state index in [-0.39, 0.29) is 12.1 Å². The van der Waals surface area contributed by atoms with Crippen LogP contribution in [0.5, 0.6) is 5.75 Å². The molecule has 1 saturated heterocycles. The Kier molecular flexibility index (Phi) is 5.01. The molecule has 0 spiro atoms. The van der Waals surface area contributed by atoms with Gasteiger partial charge in [0.15, 0.2) is 0 Å². The minimum absolute atomic E-state index is 0.103. The lowest BCUT2D eigenvalue weighted by atomic mass is 10.2. The highest BCUT2D eigenvalue weighted by molar-refractivity contribution is 5.89. The number of nitrogens with zero attached hydrogens (tertiary/aromatic N) is 3. The maximum Gasteiger partial charge on any atom is 0.321 e. The third-order valence-electron chi connectivity index (χ3n) is 3.66. The average molecular weight is 288 g/mol. The normalized spacial score (nSPS) is 16.9. The van der Waals surface area contributed by atoms with Gasteiger partial charge in [-0.25, -0.2) is 4.79 Å². The Hall–Kier alpha value is -2.26. The number of hydrogen-bond donors (Lipinski definition) is 1. The Morgan fingerprint density at radius 2 is 2.10 bits per heavy atom. The molecule has 1 fully saturated rings. The Labute approximate surface area is 124 Å². The van der Waals surface area contributed by atoms with Crippen molar-refractivity contribution in [2.75, 3.05) is 38.6 Å². The Balaban J connectivity index is 1.89. The van der Waals surface area contributed by atoms with Gasteiger partial charge in [-0.05, 0) is 19.1 Å². The van der Waals surface area contributed by atoms with Gasteiger partial charge in [0.2, 0.25) is 0 Å². The third kappa shape index (κ3) is 3.86. The van der Waals surface area contributed by atoms with Crippen molar-refractivity contribution in [1.29, 1.82) is 5.26 Å². The van der Waals surface area contributed by atoms with Crippen LogP contribution in [-0.2, 0) is 0 Å². The molecule has 0 aliphatic carbocycles. The van der Waals surface area contributed by atoms with Crippen molar-refractivity contribution in [3.63, 3.8) is 0 Å². The van der Waals surface area contributed by atoms with E-state index in [9.17, 15) is 4.79 Å². The fourth-order valence-electron chi connectivity index (χ4n) is 2.30. The first kappa shape index (κ1) is 15.1. The van der Waals surface area contributed by atoms with Crippen molar-refractivity contribution in [2.45, 2.75) is 13.0 Å². The van der Waals surface area contributed by atoms with E-state index < -0.39 is 0 Å². The molecule has 1 aromatic rings. The molecule has 6 nitrogen and oxygen atoms in total. The van der Waals surface area contributed by atoms with E-state index in [1.807, 2.05) is 25.1 Å². The van der Waals surface area contributed by atoms with E-state index in [0.717, 1.165) is 13.1 Å². The summed E-state index contributed by atoms with van der Waals surface area (Å²) in [6, 6.07) is 9.28. The highest BCUT2D eigenvalue weighted by atomic mass is 16.5. The Morgan fingerprint density at radius 1 is 1.38 bits per heavy atom. The SMILES string of the molecule is COc1cccc(NC(=O)N2CCN(C(C)C#N)CC2)c1. The second-order valence-electron chi connectivity index (χ2n) is 4.99. The molecule has 1 atom stereocenters. The summed E-state index contributed by atoms with van der Waals surface area (Å²) >= 11 is 0. The standard InChI is InChI=1S/C15H20N4O2/c1-12(11-16)18-6-8-19(9-7-18)15(20)17-13-4-3-5-14(10-13)21-2/h3-5,10,12H,6-9H2,1-2H3,(H,17,20). The lowest BCUT2D eigenvalue weighted by Crippen LogP contribution is -2.52. The molecule has 1 unspecified atom stereocenters. The van der Waals surface area contributed by atoms with Crippen LogP contribution in [0.2, 0.25) is 0 Å². The Morgan fingerprint density at radius 3 is 2.71 bits per heavy atom. The zero-order valence-electron chi connectivity index (χ0n) is 12.4. The minimum atomic E-state index is -0.118. The van der Waals surface area contributed by atoms with Crippen LogP contribution in [0.1, 0.15) is 6.92 Å². The van der Waals surface area contributed by atoms with Gasteiger partial charge in [-0.15, -0.1) is 0 Å². The Bertz CT molecular complexity index is 533. The highest BCUT2D eigenvalue weighted by Gasteiger charge is 2.23. The molecular formula is C15H20N4O2. The van der Waals surface area contributed by atoms with E-state index >= 15 is 0 Å². The van der Waals surface area contributed by atoms with Crippen molar-refractivity contribution in [1.82, 2.24) is 9.80 Å². The van der Waals surface area contributed by atoms with E-state index in [4.69, 9.17) is 10.00 Å². The van der Waals surface area contributed by atoms with Crippen molar-refractivity contribution in [3.05, 3.63) is 24.3 Å². The summed E-state index contributed by atoms with van der Waals surface area (Å²) in [6.07, 6.45) is 0. The van der Waals surface area contributed by atoms with Gasteiger partial charge in [0.25, 0.3) is 0 Å². The number of rotatable bonds is 3. The van der Waals surface area contributed by atoms with Crippen molar-refractivity contribution in [2.24, 2.45) is 0 Å². The molecule has 2 amide bonds. The molecule has 0 saturated carbocycles. The van der Waals surface area contributed by atoms with Gasteiger partial charge in [0.05, 0.1) is 19.2 Å². The number of benzene rings is 1. The summed E-state index contributed by atoms with van der Waals surface area (Å²) in [5.41, 5.74) is 0.715. The van der Waals surface area contributed by atoms with E-state index in [2.05, 4.69) is 16.3 Å². The van der Waals surface area contributed by atoms with E-state index in [1.165, 1.54) is 0 Å². The van der Waals surface area contributed by atoms with Gasteiger partial charge < -0.3 is 15.0 Å². The second-order valence-corrected chi connectivity index (χ2v) is 4.99. The van der Waals surface area contributed by atoms with Crippen LogP contribution >= 0.6 is 0 Å². The third-order valence-corrected chi connectivity index (χ3v) is 3.66. The van der Waals surface area contributed by atoms with Gasteiger partial charge in [-0.2, -0.15) is 5.26 Å². The predicted octanol–water partition coefficient (Wildman–Crippen LogP) is 1.76. The van der Waals surface area contributed by atoms with Gasteiger partial charge >= 0.3 is 6.03 Å². The van der Waals surface area contributed by atoms with Crippen molar-refractivity contribution >= 4 is 11.7 Å². The predicted molar refractivity (Wildman–Crippen MR) is 80.2 cm³/mol. The summed E-state index contributed by atoms with van der Waals surface area (Å²) in [5, 5.41) is 11.8. The molecule has 1 aromatic carbocycles. The lowest BCUT2D eigenvalue weighted by molar-refractivity contribution is 0.135. The van der Waals surface area contributed by atoms with Crippen LogP contribution < -0.4 is 10.1 Å². The van der Waals surface area contributed by atoms with Gasteiger partial charge in [-0.3, -0.25) is 4.90 Å². The molecule has 1 aliphatic heterocycles. The van der Waals surface area contributed by atoms with Crippen LogP contribution in [0.15, 0.2) is 24.3 Å². The number of hydrogen-bond acceptors (Lipinski definition) is 4. The van der Waals surface area contributed by atoms with E-state index in [1.54, 1.807) is 18.1 Å². The second kappa shape index (κ2) is 6.95. The maximum absolute atomic E-state index is 12.2. The van der Waals surface area contributed by atoms with Crippen LogP contribution in [0.4, 0.5) is 10.5 Å². The van der Waals surface area contributed by atoms with E-state index in [0.29, 0.717) is 24.5 Å². The molecule has 1 aliphatic rings. The fourth-order valence-corrected chi connectivity index (χ4v) is 2.30. The summed E-state index contributed by atoms with van der Waals surface area (Å²) in [5.74, 6) is 0.709.